The molecular formula is C23H33F3N6O2. The molecule has 5 N–H and O–H groups in total. The van der Waals surface area contributed by atoms with Crippen molar-refractivity contribution in [1.29, 1.82) is 0 Å². The Kier molecular flexibility index (Phi) is 8.42. The SMILES string of the molecule is CCN/C(C)=C\C(N)=Nc1cc(OC2CCC(NC[C@@H](O)C(F)(F)F)CC2)cc2c1ncn2C. The van der Waals surface area contributed by atoms with E-state index < -0.39 is 18.8 Å². The Morgan fingerprint density at radius 2 is 2.06 bits per heavy atom. The van der Waals surface area contributed by atoms with Gasteiger partial charge in [0.25, 0.3) is 0 Å². The van der Waals surface area contributed by atoms with Crippen LogP contribution in [0, 0.1) is 0 Å². The first-order chi connectivity index (χ1) is 16.1. The Balaban J connectivity index is 1.68. The highest BCUT2D eigenvalue weighted by Gasteiger charge is 2.38. The molecule has 1 fully saturated rings. The number of imidazole rings is 1. The number of rotatable bonds is 9. The fraction of sp³-hybridized carbons (Fsp3) is 0.565. The summed E-state index contributed by atoms with van der Waals surface area (Å²) < 4.78 is 45.6. The molecule has 0 radical (unpaired) electrons. The molecule has 0 amide bonds. The van der Waals surface area contributed by atoms with Gasteiger partial charge in [0.2, 0.25) is 0 Å². The summed E-state index contributed by atoms with van der Waals surface area (Å²) in [6.45, 7) is 4.20. The van der Waals surface area contributed by atoms with Crippen molar-refractivity contribution in [2.45, 2.75) is 64.0 Å². The van der Waals surface area contributed by atoms with Crippen molar-refractivity contribution >= 4 is 22.6 Å². The van der Waals surface area contributed by atoms with E-state index in [1.165, 1.54) is 0 Å². The molecule has 0 bridgehead atoms. The van der Waals surface area contributed by atoms with Gasteiger partial charge in [0.05, 0.1) is 23.6 Å². The molecule has 0 spiro atoms. The maximum atomic E-state index is 12.5. The molecule has 0 aliphatic heterocycles. The van der Waals surface area contributed by atoms with Crippen molar-refractivity contribution < 1.29 is 23.0 Å². The standard InChI is InChI=1S/C23H33F3N6O2/c1-4-28-14(2)9-21(27)31-18-10-17(11-19-22(18)30-13-32(19)3)34-16-7-5-15(6-8-16)29-12-20(33)23(24,25)26/h9-11,13,15-16,20,28-29,33H,4-8,12H2,1-3H3,(H2,27,31)/b14-9-/t15?,16?,20-/m1/s1. The van der Waals surface area contributed by atoms with E-state index in [0.717, 1.165) is 17.8 Å². The van der Waals surface area contributed by atoms with Crippen LogP contribution in [0.2, 0.25) is 0 Å². The van der Waals surface area contributed by atoms with Crippen LogP contribution in [0.5, 0.6) is 5.75 Å². The van der Waals surface area contributed by atoms with Crippen LogP contribution >= 0.6 is 0 Å². The zero-order chi connectivity index (χ0) is 24.9. The van der Waals surface area contributed by atoms with Crippen molar-refractivity contribution in [3.05, 3.63) is 30.2 Å². The van der Waals surface area contributed by atoms with Gasteiger partial charge in [-0.3, -0.25) is 0 Å². The number of aliphatic imine (C=N–C) groups is 1. The summed E-state index contributed by atoms with van der Waals surface area (Å²) in [7, 11) is 1.89. The van der Waals surface area contributed by atoms with Crippen LogP contribution in [0.1, 0.15) is 39.5 Å². The van der Waals surface area contributed by atoms with Crippen molar-refractivity contribution in [3.63, 3.8) is 0 Å². The van der Waals surface area contributed by atoms with Crippen LogP contribution in [0.25, 0.3) is 11.0 Å². The second-order valence-corrected chi connectivity index (χ2v) is 8.62. The molecule has 3 rings (SSSR count). The van der Waals surface area contributed by atoms with Crippen molar-refractivity contribution in [3.8, 4) is 5.75 Å². The van der Waals surface area contributed by atoms with Crippen LogP contribution in [0.15, 0.2) is 35.2 Å². The Bertz CT molecular complexity index is 1030. The zero-order valence-electron chi connectivity index (χ0n) is 19.7. The van der Waals surface area contributed by atoms with Gasteiger partial charge in [-0.25, -0.2) is 9.98 Å². The van der Waals surface area contributed by atoms with E-state index in [0.29, 0.717) is 48.5 Å². The monoisotopic (exact) mass is 482 g/mol. The number of nitrogens with one attached hydrogen (secondary N) is 2. The fourth-order valence-electron chi connectivity index (χ4n) is 4.03. The van der Waals surface area contributed by atoms with Crippen molar-refractivity contribution in [2.24, 2.45) is 17.8 Å². The number of ether oxygens (including phenoxy) is 1. The molecule has 2 aromatic rings. The van der Waals surface area contributed by atoms with Crippen molar-refractivity contribution in [1.82, 2.24) is 20.2 Å². The van der Waals surface area contributed by atoms with E-state index in [4.69, 9.17) is 10.5 Å². The number of fused-ring (bicyclic) bond motifs is 1. The quantitative estimate of drug-likeness (QED) is 0.323. The summed E-state index contributed by atoms with van der Waals surface area (Å²) in [5.74, 6) is 0.981. The van der Waals surface area contributed by atoms with Gasteiger partial charge < -0.3 is 30.8 Å². The zero-order valence-corrected chi connectivity index (χ0v) is 19.7. The van der Waals surface area contributed by atoms with Crippen LogP contribution in [-0.4, -0.2) is 58.0 Å². The van der Waals surface area contributed by atoms with Gasteiger partial charge in [-0.2, -0.15) is 13.2 Å². The third kappa shape index (κ3) is 6.86. The van der Waals surface area contributed by atoms with E-state index in [1.807, 2.05) is 37.6 Å². The Hall–Kier alpha value is -2.79. The molecule has 1 atom stereocenters. The van der Waals surface area contributed by atoms with Crippen LogP contribution in [0.4, 0.5) is 18.9 Å². The number of benzene rings is 1. The van der Waals surface area contributed by atoms with Gasteiger partial charge in [0.1, 0.15) is 17.1 Å². The van der Waals surface area contributed by atoms with E-state index in [1.54, 1.807) is 12.4 Å². The number of aliphatic hydroxyl groups is 1. The maximum Gasteiger partial charge on any atom is 0.415 e. The molecule has 11 heteroatoms. The summed E-state index contributed by atoms with van der Waals surface area (Å²) in [6, 6.07) is 3.63. The first-order valence-corrected chi connectivity index (χ1v) is 11.4. The van der Waals surface area contributed by atoms with Gasteiger partial charge >= 0.3 is 6.18 Å². The van der Waals surface area contributed by atoms with E-state index in [-0.39, 0.29) is 12.1 Å². The number of nitrogens with two attached hydrogens (primary N) is 1. The third-order valence-corrected chi connectivity index (χ3v) is 5.81. The lowest BCUT2D eigenvalue weighted by Gasteiger charge is -2.30. The highest BCUT2D eigenvalue weighted by Crippen LogP contribution is 2.33. The van der Waals surface area contributed by atoms with Gasteiger partial charge in [0.15, 0.2) is 6.10 Å². The highest BCUT2D eigenvalue weighted by atomic mass is 19.4. The molecule has 188 valence electrons. The van der Waals surface area contributed by atoms with E-state index in [2.05, 4.69) is 20.6 Å². The largest absolute Gasteiger partial charge is 0.490 e. The third-order valence-electron chi connectivity index (χ3n) is 5.81. The average Bonchev–Trinajstić information content (AvgIpc) is 3.13. The molecule has 1 saturated carbocycles. The van der Waals surface area contributed by atoms with Gasteiger partial charge in [-0.05, 0) is 45.6 Å². The van der Waals surface area contributed by atoms with Gasteiger partial charge in [-0.1, -0.05) is 0 Å². The number of nitrogens with zero attached hydrogens (tertiary/aromatic N) is 3. The molecule has 1 aromatic carbocycles. The summed E-state index contributed by atoms with van der Waals surface area (Å²) in [5.41, 5.74) is 9.19. The summed E-state index contributed by atoms with van der Waals surface area (Å²) in [5, 5.41) is 15.2. The van der Waals surface area contributed by atoms with Crippen LogP contribution in [-0.2, 0) is 7.05 Å². The number of aryl methyl sites for hydroxylation is 1. The summed E-state index contributed by atoms with van der Waals surface area (Å²) in [6.07, 6.45) is -0.862. The molecule has 34 heavy (non-hydrogen) atoms. The minimum absolute atomic E-state index is 0.0682. The summed E-state index contributed by atoms with van der Waals surface area (Å²) >= 11 is 0. The van der Waals surface area contributed by atoms with E-state index in [9.17, 15) is 18.3 Å². The number of amidine groups is 1. The summed E-state index contributed by atoms with van der Waals surface area (Å²) in [4.78, 5) is 8.98. The maximum absolute atomic E-state index is 12.5. The number of aliphatic hydroxyl groups excluding tert-OH is 1. The number of allylic oxidation sites excluding steroid dienone is 1. The highest BCUT2D eigenvalue weighted by molar-refractivity contribution is 5.98. The minimum Gasteiger partial charge on any atom is -0.490 e. The normalized spacial score (nSPS) is 21.0. The molecule has 1 aliphatic rings. The van der Waals surface area contributed by atoms with Crippen LogP contribution in [0.3, 0.4) is 0 Å². The molecule has 0 unspecified atom stereocenters. The predicted molar refractivity (Wildman–Crippen MR) is 126 cm³/mol. The molecule has 1 aliphatic carbocycles. The molecular weight excluding hydrogens is 449 g/mol. The lowest BCUT2D eigenvalue weighted by atomic mass is 9.93. The van der Waals surface area contributed by atoms with E-state index >= 15 is 0 Å². The minimum atomic E-state index is -4.61. The Morgan fingerprint density at radius 3 is 2.71 bits per heavy atom. The second kappa shape index (κ2) is 11.1. The Morgan fingerprint density at radius 1 is 1.35 bits per heavy atom. The van der Waals surface area contributed by atoms with Crippen LogP contribution < -0.4 is 21.1 Å². The first-order valence-electron chi connectivity index (χ1n) is 11.4. The number of aromatic nitrogens is 2. The molecule has 0 saturated heterocycles. The number of hydrogen-bond donors (Lipinski definition) is 4. The lowest BCUT2D eigenvalue weighted by Crippen LogP contribution is -2.44. The number of halogens is 3. The first kappa shape index (κ1) is 25.8. The lowest BCUT2D eigenvalue weighted by molar-refractivity contribution is -0.202. The fourth-order valence-corrected chi connectivity index (χ4v) is 4.03. The Labute approximate surface area is 197 Å². The van der Waals surface area contributed by atoms with Gasteiger partial charge in [0, 0.05) is 44.0 Å². The second-order valence-electron chi connectivity index (χ2n) is 8.62. The molecule has 8 nitrogen and oxygen atoms in total. The predicted octanol–water partition coefficient (Wildman–Crippen LogP) is 3.28. The number of alkyl halides is 3. The molecule has 1 aromatic heterocycles. The topological polar surface area (TPSA) is 110 Å². The number of hydrogen-bond acceptors (Lipinski definition) is 6. The van der Waals surface area contributed by atoms with Gasteiger partial charge in [-0.15, -0.1) is 0 Å². The molecule has 1 heterocycles. The van der Waals surface area contributed by atoms with Crippen molar-refractivity contribution in [2.75, 3.05) is 13.1 Å². The smallest absolute Gasteiger partial charge is 0.415 e. The average molecular weight is 483 g/mol.